The van der Waals surface area contributed by atoms with Gasteiger partial charge in [0.25, 0.3) is 0 Å². The topological polar surface area (TPSA) is 67.6 Å². The highest BCUT2D eigenvalue weighted by molar-refractivity contribution is 5.57. The molecule has 0 radical (unpaired) electrons. The largest absolute Gasteiger partial charge is 0.350 e. The van der Waals surface area contributed by atoms with Crippen molar-refractivity contribution in [1.82, 2.24) is 15.0 Å². The molecule has 0 bridgehead atoms. The SMILES string of the molecule is CC1(C)OC[C@H]2O[C@@]3(CCCO3)C[C@@H](n3cc(-c4cc(F)c(F)c(F)c4)nn3)[C@H]2O1. The molecule has 30 heavy (non-hydrogen) atoms. The van der Waals surface area contributed by atoms with E-state index in [9.17, 15) is 13.2 Å². The summed E-state index contributed by atoms with van der Waals surface area (Å²) in [7, 11) is 0. The van der Waals surface area contributed by atoms with E-state index in [0.717, 1.165) is 25.0 Å². The number of benzene rings is 1. The monoisotopic (exact) mass is 425 g/mol. The molecule has 0 N–H and O–H groups in total. The molecule has 10 heteroatoms. The van der Waals surface area contributed by atoms with Gasteiger partial charge in [0.15, 0.2) is 29.0 Å². The van der Waals surface area contributed by atoms with Gasteiger partial charge in [-0.2, -0.15) is 0 Å². The second-order valence-electron chi connectivity index (χ2n) is 8.42. The maximum absolute atomic E-state index is 13.7. The number of hydrogen-bond acceptors (Lipinski definition) is 6. The van der Waals surface area contributed by atoms with Crippen molar-refractivity contribution < 1.29 is 32.1 Å². The number of rotatable bonds is 2. The summed E-state index contributed by atoms with van der Waals surface area (Å²) in [6.45, 7) is 4.60. The minimum Gasteiger partial charge on any atom is -0.350 e. The molecule has 3 fully saturated rings. The molecular weight excluding hydrogens is 403 g/mol. The first-order chi connectivity index (χ1) is 14.3. The van der Waals surface area contributed by atoms with Crippen LogP contribution in [-0.2, 0) is 18.9 Å². The summed E-state index contributed by atoms with van der Waals surface area (Å²) in [6.07, 6.45) is 2.95. The van der Waals surface area contributed by atoms with E-state index in [1.165, 1.54) is 0 Å². The first kappa shape index (κ1) is 19.9. The summed E-state index contributed by atoms with van der Waals surface area (Å²) in [6, 6.07) is 1.51. The van der Waals surface area contributed by atoms with Crippen LogP contribution in [0.3, 0.4) is 0 Å². The van der Waals surface area contributed by atoms with Crippen molar-refractivity contribution in [2.45, 2.75) is 62.9 Å². The minimum absolute atomic E-state index is 0.0984. The fourth-order valence-corrected chi connectivity index (χ4v) is 4.45. The third-order valence-electron chi connectivity index (χ3n) is 5.84. The lowest BCUT2D eigenvalue weighted by atomic mass is 9.90. The molecule has 0 aliphatic carbocycles. The van der Waals surface area contributed by atoms with Crippen LogP contribution in [0.25, 0.3) is 11.3 Å². The molecule has 162 valence electrons. The molecule has 5 rings (SSSR count). The van der Waals surface area contributed by atoms with Crippen LogP contribution in [0.4, 0.5) is 13.2 Å². The second-order valence-corrected chi connectivity index (χ2v) is 8.42. The Morgan fingerprint density at radius 2 is 1.87 bits per heavy atom. The van der Waals surface area contributed by atoms with Crippen molar-refractivity contribution in [3.8, 4) is 11.3 Å². The van der Waals surface area contributed by atoms with Gasteiger partial charge in [-0.25, -0.2) is 17.9 Å². The zero-order chi connectivity index (χ0) is 21.1. The van der Waals surface area contributed by atoms with Crippen LogP contribution in [0.5, 0.6) is 0 Å². The van der Waals surface area contributed by atoms with E-state index in [0.29, 0.717) is 19.6 Å². The molecule has 1 aromatic carbocycles. The summed E-state index contributed by atoms with van der Waals surface area (Å²) >= 11 is 0. The summed E-state index contributed by atoms with van der Waals surface area (Å²) in [5.74, 6) is -5.62. The number of fused-ring (bicyclic) bond motifs is 1. The molecular formula is C20H22F3N3O4. The van der Waals surface area contributed by atoms with Gasteiger partial charge >= 0.3 is 0 Å². The van der Waals surface area contributed by atoms with Gasteiger partial charge in [0.2, 0.25) is 0 Å². The summed E-state index contributed by atoms with van der Waals surface area (Å²) in [4.78, 5) is 0. The standard InChI is InChI=1S/C20H22F3N3O4/c1-19(2)28-10-16-18(30-19)15(8-20(29-16)4-3-5-27-20)26-9-14(24-25-26)11-6-12(21)17(23)13(22)7-11/h6-7,9,15-16,18H,3-5,8,10H2,1-2H3/t15-,16-,18-,20+/m1/s1. The van der Waals surface area contributed by atoms with Gasteiger partial charge < -0.3 is 18.9 Å². The third-order valence-corrected chi connectivity index (χ3v) is 5.84. The summed E-state index contributed by atoms with van der Waals surface area (Å²) < 4.78 is 66.3. The second kappa shape index (κ2) is 7.01. The van der Waals surface area contributed by atoms with Gasteiger partial charge in [-0.05, 0) is 32.4 Å². The van der Waals surface area contributed by atoms with Gasteiger partial charge in [0, 0.05) is 18.4 Å². The van der Waals surface area contributed by atoms with Gasteiger partial charge in [0.1, 0.15) is 17.9 Å². The Labute approximate surface area is 171 Å². The molecule has 7 nitrogen and oxygen atoms in total. The maximum Gasteiger partial charge on any atom is 0.194 e. The Bertz CT molecular complexity index is 938. The quantitative estimate of drug-likeness (QED) is 0.688. The average molecular weight is 425 g/mol. The molecule has 3 saturated heterocycles. The Kier molecular flexibility index (Phi) is 4.66. The third kappa shape index (κ3) is 3.41. The van der Waals surface area contributed by atoms with Crippen molar-refractivity contribution in [3.63, 3.8) is 0 Å². The predicted octanol–water partition coefficient (Wildman–Crippen LogP) is 3.35. The predicted molar refractivity (Wildman–Crippen MR) is 96.7 cm³/mol. The van der Waals surface area contributed by atoms with Gasteiger partial charge in [0.05, 0.1) is 25.5 Å². The Morgan fingerprint density at radius 3 is 2.57 bits per heavy atom. The highest BCUT2D eigenvalue weighted by Crippen LogP contribution is 2.46. The van der Waals surface area contributed by atoms with Crippen LogP contribution in [0.1, 0.15) is 39.2 Å². The summed E-state index contributed by atoms with van der Waals surface area (Å²) in [5.41, 5.74) is 0.324. The molecule has 3 aliphatic rings. The van der Waals surface area contributed by atoms with E-state index in [1.807, 2.05) is 13.8 Å². The van der Waals surface area contributed by atoms with Crippen LogP contribution in [0.2, 0.25) is 0 Å². The number of hydrogen-bond donors (Lipinski definition) is 0. The normalized spacial score (nSPS) is 33.0. The van der Waals surface area contributed by atoms with Gasteiger partial charge in [-0.3, -0.25) is 0 Å². The van der Waals surface area contributed by atoms with Crippen LogP contribution in [0.15, 0.2) is 18.3 Å². The van der Waals surface area contributed by atoms with Crippen molar-refractivity contribution in [1.29, 1.82) is 0 Å². The van der Waals surface area contributed by atoms with E-state index >= 15 is 0 Å². The minimum atomic E-state index is -1.52. The molecule has 3 aliphatic heterocycles. The molecule has 2 aromatic rings. The molecule has 0 saturated carbocycles. The molecule has 0 unspecified atom stereocenters. The van der Waals surface area contributed by atoms with E-state index in [2.05, 4.69) is 10.3 Å². The van der Waals surface area contributed by atoms with Gasteiger partial charge in [-0.1, -0.05) is 5.21 Å². The first-order valence-electron chi connectivity index (χ1n) is 9.96. The first-order valence-corrected chi connectivity index (χ1v) is 9.96. The number of ether oxygens (including phenoxy) is 4. The lowest BCUT2D eigenvalue weighted by molar-refractivity contribution is -0.377. The van der Waals surface area contributed by atoms with Crippen LogP contribution in [0, 0.1) is 17.5 Å². The van der Waals surface area contributed by atoms with Crippen LogP contribution < -0.4 is 0 Å². The zero-order valence-corrected chi connectivity index (χ0v) is 16.6. The van der Waals surface area contributed by atoms with E-state index in [-0.39, 0.29) is 29.5 Å². The van der Waals surface area contributed by atoms with E-state index in [4.69, 9.17) is 18.9 Å². The molecule has 1 spiro atoms. The van der Waals surface area contributed by atoms with Crippen molar-refractivity contribution in [3.05, 3.63) is 35.8 Å². The van der Waals surface area contributed by atoms with E-state index < -0.39 is 29.0 Å². The fraction of sp³-hybridized carbons (Fsp3) is 0.600. The summed E-state index contributed by atoms with van der Waals surface area (Å²) in [5, 5.41) is 8.24. The van der Waals surface area contributed by atoms with Gasteiger partial charge in [-0.15, -0.1) is 5.10 Å². The Balaban J connectivity index is 1.49. The van der Waals surface area contributed by atoms with Crippen LogP contribution >= 0.6 is 0 Å². The molecule has 4 atom stereocenters. The molecule has 0 amide bonds. The maximum atomic E-state index is 13.7. The average Bonchev–Trinajstić information content (AvgIpc) is 3.35. The van der Waals surface area contributed by atoms with Crippen LogP contribution in [-0.4, -0.2) is 52.0 Å². The zero-order valence-electron chi connectivity index (χ0n) is 16.6. The number of halogens is 3. The number of aromatic nitrogens is 3. The van der Waals surface area contributed by atoms with Crippen molar-refractivity contribution in [2.75, 3.05) is 13.2 Å². The van der Waals surface area contributed by atoms with Crippen molar-refractivity contribution in [2.24, 2.45) is 0 Å². The Hall–Kier alpha value is -2.01. The molecule has 4 heterocycles. The fourth-order valence-electron chi connectivity index (χ4n) is 4.45. The highest BCUT2D eigenvalue weighted by atomic mass is 19.2. The van der Waals surface area contributed by atoms with E-state index in [1.54, 1.807) is 10.9 Å². The Morgan fingerprint density at radius 1 is 1.10 bits per heavy atom. The smallest absolute Gasteiger partial charge is 0.194 e. The molecule has 1 aromatic heterocycles. The van der Waals surface area contributed by atoms with Crippen molar-refractivity contribution >= 4 is 0 Å². The lowest BCUT2D eigenvalue weighted by Crippen LogP contribution is -2.60. The number of nitrogens with zero attached hydrogens (tertiary/aromatic N) is 3. The lowest BCUT2D eigenvalue weighted by Gasteiger charge is -2.51. The highest BCUT2D eigenvalue weighted by Gasteiger charge is 2.54.